The molecule has 14 heteroatoms. The molecule has 0 spiro atoms. The third-order valence-electron chi connectivity index (χ3n) is 6.54. The van der Waals surface area contributed by atoms with E-state index in [0.717, 1.165) is 22.3 Å². The number of ether oxygens (including phenoxy) is 3. The molecule has 3 unspecified atom stereocenters. The van der Waals surface area contributed by atoms with Crippen molar-refractivity contribution < 1.29 is 47.4 Å². The van der Waals surface area contributed by atoms with E-state index in [2.05, 4.69) is 11.1 Å². The Bertz CT molecular complexity index is 1320. The van der Waals surface area contributed by atoms with E-state index in [1.54, 1.807) is 26.2 Å². The highest BCUT2D eigenvalue weighted by molar-refractivity contribution is 14.1. The van der Waals surface area contributed by atoms with Crippen molar-refractivity contribution in [2.45, 2.75) is 42.8 Å². The molecule has 2 aliphatic rings. The van der Waals surface area contributed by atoms with Gasteiger partial charge in [0.25, 0.3) is 11.8 Å². The third kappa shape index (κ3) is 9.69. The smallest absolute Gasteiger partial charge is 0.466 e. The van der Waals surface area contributed by atoms with Crippen LogP contribution < -0.4 is 11.1 Å². The topological polar surface area (TPSA) is 164 Å². The second-order valence-electron chi connectivity index (χ2n) is 9.67. The second kappa shape index (κ2) is 16.3. The first-order chi connectivity index (χ1) is 20.5. The van der Waals surface area contributed by atoms with Crippen molar-refractivity contribution in [1.29, 1.82) is 0 Å². The molecule has 0 bridgehead atoms. The number of alkyl halides is 2. The average molecular weight is 713 g/mol. The summed E-state index contributed by atoms with van der Waals surface area (Å²) >= 11 is 1.45. The summed E-state index contributed by atoms with van der Waals surface area (Å²) in [5.74, 6) is -2.97. The highest BCUT2D eigenvalue weighted by Gasteiger charge is 2.35. The van der Waals surface area contributed by atoms with Gasteiger partial charge in [0.05, 0.1) is 13.0 Å². The predicted octanol–water partition coefficient (Wildman–Crippen LogP) is 4.19. The third-order valence-corrected chi connectivity index (χ3v) is 6.54. The van der Waals surface area contributed by atoms with Crippen LogP contribution in [0.3, 0.4) is 0 Å². The van der Waals surface area contributed by atoms with Crippen LogP contribution >= 0.6 is 22.6 Å². The number of imide groups is 1. The van der Waals surface area contributed by atoms with Crippen molar-refractivity contribution in [1.82, 2.24) is 5.06 Å². The Morgan fingerprint density at radius 1 is 1.05 bits per heavy atom. The molecule has 0 radical (unpaired) electrons. The molecule has 1 heterocycles. The van der Waals surface area contributed by atoms with E-state index in [1.807, 2.05) is 30.3 Å². The number of hydroxylamine groups is 2. The molecular weight excluding hydrogens is 680 g/mol. The minimum absolute atomic E-state index is 0.0157. The van der Waals surface area contributed by atoms with Gasteiger partial charge in [0, 0.05) is 50.5 Å². The Labute approximate surface area is 261 Å². The summed E-state index contributed by atoms with van der Waals surface area (Å²) < 4.78 is 24.9. The lowest BCUT2D eigenvalue weighted by molar-refractivity contribution is -0.177. The zero-order valence-electron chi connectivity index (χ0n) is 23.7. The summed E-state index contributed by atoms with van der Waals surface area (Å²) in [6.45, 7) is 2.25. The van der Waals surface area contributed by atoms with Crippen LogP contribution in [0.25, 0.3) is 11.1 Å². The van der Waals surface area contributed by atoms with Gasteiger partial charge in [0.1, 0.15) is 6.61 Å². The van der Waals surface area contributed by atoms with Crippen LogP contribution in [0.5, 0.6) is 0 Å². The normalized spacial score (nSPS) is 16.3. The van der Waals surface area contributed by atoms with Crippen LogP contribution in [0.15, 0.2) is 42.5 Å². The summed E-state index contributed by atoms with van der Waals surface area (Å²) in [6, 6.07) is 13.1. The van der Waals surface area contributed by atoms with Crippen LogP contribution in [0.1, 0.15) is 49.7 Å². The van der Waals surface area contributed by atoms with Gasteiger partial charge in [-0.15, -0.1) is 0 Å². The molecule has 232 valence electrons. The maximum atomic E-state index is 12.8. The maximum Gasteiger partial charge on any atom is 0.533 e. The van der Waals surface area contributed by atoms with Gasteiger partial charge in [0.2, 0.25) is 5.91 Å². The molecule has 12 nitrogen and oxygen atoms in total. The fourth-order valence-electron chi connectivity index (χ4n) is 4.53. The van der Waals surface area contributed by atoms with E-state index in [0.29, 0.717) is 23.8 Å². The predicted molar refractivity (Wildman–Crippen MR) is 160 cm³/mol. The number of carbonyl (C=O) groups excluding carboxylic acids is 5. The highest BCUT2D eigenvalue weighted by atomic mass is 127. The number of nitrogens with two attached hydrogens (primary N) is 1. The molecule has 2 aromatic carbocycles. The largest absolute Gasteiger partial charge is 0.533 e. The number of esters is 1. The quantitative estimate of drug-likeness (QED) is 0.0862. The number of halogens is 2. The molecule has 3 N–H and O–H groups in total. The van der Waals surface area contributed by atoms with Gasteiger partial charge in [-0.25, -0.2) is 9.18 Å². The Balaban J connectivity index is 0.00000119. The van der Waals surface area contributed by atoms with Crippen molar-refractivity contribution in [2.75, 3.05) is 32.2 Å². The van der Waals surface area contributed by atoms with Crippen LogP contribution in [0, 0.1) is 5.92 Å². The fraction of sp³-hybridized carbons (Fsp3) is 0.414. The van der Waals surface area contributed by atoms with Crippen LogP contribution in [-0.4, -0.2) is 66.1 Å². The number of anilines is 1. The van der Waals surface area contributed by atoms with Gasteiger partial charge in [-0.1, -0.05) is 42.3 Å². The van der Waals surface area contributed by atoms with Crippen molar-refractivity contribution in [3.8, 4) is 11.1 Å². The number of amides is 3. The fourth-order valence-corrected chi connectivity index (χ4v) is 4.53. The van der Waals surface area contributed by atoms with E-state index >= 15 is 0 Å². The lowest BCUT2D eigenvalue weighted by atomic mass is 9.97. The molecule has 0 aromatic heterocycles. The molecule has 43 heavy (non-hydrogen) atoms. The molecule has 0 saturated carbocycles. The van der Waals surface area contributed by atoms with Gasteiger partial charge >= 0.3 is 12.1 Å². The molecule has 3 atom stereocenters. The zero-order valence-corrected chi connectivity index (χ0v) is 25.8. The van der Waals surface area contributed by atoms with E-state index in [1.165, 1.54) is 22.6 Å². The first-order valence-corrected chi connectivity index (χ1v) is 14.7. The number of rotatable bonds is 11. The van der Waals surface area contributed by atoms with Crippen molar-refractivity contribution in [2.24, 2.45) is 11.7 Å². The first kappa shape index (κ1) is 33.9. The monoisotopic (exact) mass is 713 g/mol. The second-order valence-corrected chi connectivity index (χ2v) is 10.9. The Hall–Kier alpha value is -3.63. The Kier molecular flexibility index (Phi) is 12.8. The van der Waals surface area contributed by atoms with E-state index in [9.17, 15) is 28.4 Å². The number of benzene rings is 2. The van der Waals surface area contributed by atoms with Gasteiger partial charge in [-0.05, 0) is 57.0 Å². The minimum Gasteiger partial charge on any atom is -0.466 e. The van der Waals surface area contributed by atoms with Crippen molar-refractivity contribution in [3.05, 3.63) is 53.6 Å². The minimum atomic E-state index is -1.20. The van der Waals surface area contributed by atoms with Crippen LogP contribution in [0.2, 0.25) is 0 Å². The number of fused-ring (bicyclic) bond motifs is 3. The molecule has 4 rings (SSSR count). The molecule has 1 aliphatic heterocycles. The lowest BCUT2D eigenvalue weighted by Crippen LogP contribution is -2.32. The summed E-state index contributed by atoms with van der Waals surface area (Å²) in [4.78, 5) is 65.3. The molecule has 1 aliphatic carbocycles. The van der Waals surface area contributed by atoms with E-state index in [4.69, 9.17) is 19.0 Å². The number of hydrogen-bond donors (Lipinski definition) is 2. The Morgan fingerprint density at radius 3 is 2.37 bits per heavy atom. The number of hydrogen-bond acceptors (Lipinski definition) is 10. The molecular formula is C29H33FIN3O9. The summed E-state index contributed by atoms with van der Waals surface area (Å²) in [5.41, 5.74) is 8.57. The summed E-state index contributed by atoms with van der Waals surface area (Å²) in [6.07, 6.45) is -0.666. The van der Waals surface area contributed by atoms with Gasteiger partial charge < -0.3 is 19.5 Å². The molecule has 2 aromatic rings. The first-order valence-electron chi connectivity index (χ1n) is 13.4. The standard InChI is InChI=1S/C28H30N2O9.CH3FIN/c1-17(14-26(33)37-13-5-12-36-2)27(34)29-18-8-9-21-19-6-3-4-7-20(19)23(22(21)15-18)16-38-28(35)39-30-24(31)10-11-25(30)32;2-1(3)4/h3-4,6-9,15,17,23H,5,10-14,16H2,1-2H3,(H,29,34);1H,4H2. The van der Waals surface area contributed by atoms with Gasteiger partial charge in [0.15, 0.2) is 4.30 Å². The zero-order chi connectivity index (χ0) is 31.5. The summed E-state index contributed by atoms with van der Waals surface area (Å²) in [7, 11) is 1.57. The van der Waals surface area contributed by atoms with Gasteiger partial charge in [-0.2, -0.15) is 0 Å². The molecule has 1 saturated heterocycles. The van der Waals surface area contributed by atoms with Crippen molar-refractivity contribution in [3.63, 3.8) is 0 Å². The van der Waals surface area contributed by atoms with E-state index in [-0.39, 0.29) is 44.3 Å². The SMILES string of the molecule is COCCCOC(=O)CC(C)C(=O)Nc1ccc2c(c1)C(COC(=O)ON1C(=O)CCC1=O)c1ccccc1-2.NC(F)I. The van der Waals surface area contributed by atoms with Crippen molar-refractivity contribution >= 4 is 58.1 Å². The molecule has 3 amide bonds. The number of nitrogens with zero attached hydrogens (tertiary/aromatic N) is 1. The van der Waals surface area contributed by atoms with Gasteiger partial charge in [-0.3, -0.25) is 29.7 Å². The number of methoxy groups -OCH3 is 1. The van der Waals surface area contributed by atoms with E-state index < -0.39 is 34.2 Å². The van der Waals surface area contributed by atoms with Crippen LogP contribution in [0.4, 0.5) is 14.9 Å². The number of nitrogens with one attached hydrogen (secondary N) is 1. The Morgan fingerprint density at radius 2 is 1.70 bits per heavy atom. The lowest BCUT2D eigenvalue weighted by Gasteiger charge is -2.17. The average Bonchev–Trinajstić information content (AvgIpc) is 3.45. The summed E-state index contributed by atoms with van der Waals surface area (Å²) in [5, 5.41) is 3.28. The maximum absolute atomic E-state index is 12.8. The highest BCUT2D eigenvalue weighted by Crippen LogP contribution is 2.45. The molecule has 1 fully saturated rings. The van der Waals surface area contributed by atoms with Crippen LogP contribution in [-0.2, 0) is 38.2 Å². The number of carbonyl (C=O) groups is 5.